The zero-order chi connectivity index (χ0) is 14.6. The summed E-state index contributed by atoms with van der Waals surface area (Å²) in [7, 11) is -3.64. The Labute approximate surface area is 128 Å². The fraction of sp³-hybridized carbons (Fsp3) is 0.583. The largest absolute Gasteiger partial charge is 0.243 e. The number of pyridine rings is 1. The van der Waals surface area contributed by atoms with Crippen LogP contribution in [0.5, 0.6) is 0 Å². The second-order valence-electron chi connectivity index (χ2n) is 4.71. The molecule has 0 spiro atoms. The molecule has 0 aliphatic heterocycles. The lowest BCUT2D eigenvalue weighted by atomic mass is 10.0. The van der Waals surface area contributed by atoms with Gasteiger partial charge in [0, 0.05) is 16.7 Å². The van der Waals surface area contributed by atoms with Gasteiger partial charge in [0.25, 0.3) is 0 Å². The Hall–Kier alpha value is -0.170. The topological polar surface area (TPSA) is 59.1 Å². The molecule has 2 atom stereocenters. The van der Waals surface area contributed by atoms with Gasteiger partial charge in [-0.15, -0.1) is 0 Å². The van der Waals surface area contributed by atoms with Crippen molar-refractivity contribution < 1.29 is 8.42 Å². The minimum Gasteiger partial charge on any atom is -0.242 e. The summed E-state index contributed by atoms with van der Waals surface area (Å²) in [4.78, 5) is 3.83. The lowest BCUT2D eigenvalue weighted by Gasteiger charge is -2.18. The molecule has 19 heavy (non-hydrogen) atoms. The van der Waals surface area contributed by atoms with Gasteiger partial charge >= 0.3 is 0 Å². The van der Waals surface area contributed by atoms with Crippen LogP contribution < -0.4 is 4.72 Å². The Bertz CT molecular complexity index is 537. The molecule has 2 unspecified atom stereocenters. The van der Waals surface area contributed by atoms with Crippen LogP contribution in [-0.2, 0) is 10.0 Å². The van der Waals surface area contributed by atoms with Gasteiger partial charge in [0.1, 0.15) is 10.0 Å². The Balaban J connectivity index is 2.89. The van der Waals surface area contributed by atoms with Gasteiger partial charge in [-0.3, -0.25) is 0 Å². The molecule has 0 bridgehead atoms. The van der Waals surface area contributed by atoms with E-state index in [4.69, 9.17) is 11.6 Å². The minimum absolute atomic E-state index is 0.000423. The van der Waals surface area contributed by atoms with Crippen LogP contribution in [0.4, 0.5) is 0 Å². The van der Waals surface area contributed by atoms with Crippen LogP contribution >= 0.6 is 27.5 Å². The van der Waals surface area contributed by atoms with E-state index in [-0.39, 0.29) is 16.1 Å². The van der Waals surface area contributed by atoms with Crippen molar-refractivity contribution in [2.45, 2.75) is 44.6 Å². The fourth-order valence-corrected chi connectivity index (χ4v) is 3.94. The third kappa shape index (κ3) is 5.02. The number of aromatic nitrogens is 1. The number of sulfonamides is 1. The number of nitrogens with one attached hydrogen (secondary N) is 1. The van der Waals surface area contributed by atoms with Crippen LogP contribution in [-0.4, -0.2) is 19.4 Å². The van der Waals surface area contributed by atoms with E-state index in [2.05, 4.69) is 39.5 Å². The number of rotatable bonds is 6. The first-order valence-corrected chi connectivity index (χ1v) is 8.75. The maximum Gasteiger partial charge on any atom is 0.243 e. The highest BCUT2D eigenvalue weighted by Crippen LogP contribution is 2.23. The third-order valence-corrected chi connectivity index (χ3v) is 5.32. The van der Waals surface area contributed by atoms with Crippen molar-refractivity contribution in [1.29, 1.82) is 0 Å². The summed E-state index contributed by atoms with van der Waals surface area (Å²) in [5.41, 5.74) is 0. The highest BCUT2D eigenvalue weighted by atomic mass is 79.9. The molecule has 0 radical (unpaired) electrons. The summed E-state index contributed by atoms with van der Waals surface area (Å²) in [5.74, 6) is 0.466. The second kappa shape index (κ2) is 7.02. The van der Waals surface area contributed by atoms with Crippen molar-refractivity contribution >= 4 is 37.6 Å². The van der Waals surface area contributed by atoms with E-state index in [1.807, 2.05) is 6.92 Å². The van der Waals surface area contributed by atoms with Crippen molar-refractivity contribution in [2.75, 3.05) is 0 Å². The smallest absolute Gasteiger partial charge is 0.242 e. The summed E-state index contributed by atoms with van der Waals surface area (Å²) in [6.07, 6.45) is 3.27. The molecule has 108 valence electrons. The number of halogens is 2. The molecule has 0 saturated carbocycles. The predicted molar refractivity (Wildman–Crippen MR) is 80.8 cm³/mol. The zero-order valence-corrected chi connectivity index (χ0v) is 14.3. The van der Waals surface area contributed by atoms with Crippen LogP contribution in [0.2, 0.25) is 5.15 Å². The average Bonchev–Trinajstić information content (AvgIpc) is 2.31. The first kappa shape index (κ1) is 16.9. The molecule has 1 N–H and O–H groups in total. The summed E-state index contributed by atoms with van der Waals surface area (Å²) < 4.78 is 27.7. The van der Waals surface area contributed by atoms with Crippen LogP contribution in [0.15, 0.2) is 21.6 Å². The van der Waals surface area contributed by atoms with E-state index >= 15 is 0 Å². The van der Waals surface area contributed by atoms with Crippen LogP contribution in [0, 0.1) is 5.92 Å². The highest BCUT2D eigenvalue weighted by molar-refractivity contribution is 9.10. The molecule has 1 rings (SSSR count). The monoisotopic (exact) mass is 368 g/mol. The first-order chi connectivity index (χ1) is 8.76. The summed E-state index contributed by atoms with van der Waals surface area (Å²) in [6.45, 7) is 6.03. The quantitative estimate of drug-likeness (QED) is 0.779. The van der Waals surface area contributed by atoms with Crippen LogP contribution in [0.25, 0.3) is 0 Å². The van der Waals surface area contributed by atoms with Gasteiger partial charge in [-0.05, 0) is 41.3 Å². The van der Waals surface area contributed by atoms with Crippen LogP contribution in [0.3, 0.4) is 0 Å². The molecule has 0 aromatic carbocycles. The Morgan fingerprint density at radius 2 is 2.11 bits per heavy atom. The summed E-state index contributed by atoms with van der Waals surface area (Å²) >= 11 is 9.04. The molecule has 0 fully saturated rings. The minimum atomic E-state index is -3.64. The summed E-state index contributed by atoms with van der Waals surface area (Å²) in [6, 6.07) is 1.31. The predicted octanol–water partition coefficient (Wildman–Crippen LogP) is 3.60. The Kier molecular flexibility index (Phi) is 6.23. The van der Waals surface area contributed by atoms with E-state index in [0.29, 0.717) is 10.4 Å². The van der Waals surface area contributed by atoms with Gasteiger partial charge in [0.05, 0.1) is 0 Å². The first-order valence-electron chi connectivity index (χ1n) is 6.09. The molecule has 7 heteroatoms. The maximum absolute atomic E-state index is 12.2. The average molecular weight is 370 g/mol. The van der Waals surface area contributed by atoms with Crippen molar-refractivity contribution in [1.82, 2.24) is 9.71 Å². The van der Waals surface area contributed by atoms with Crippen molar-refractivity contribution in [2.24, 2.45) is 5.92 Å². The molecule has 0 amide bonds. The molecular formula is C12H18BrClN2O2S. The molecule has 1 heterocycles. The van der Waals surface area contributed by atoms with Crippen LogP contribution in [0.1, 0.15) is 33.6 Å². The molecule has 1 aromatic rings. The standard InChI is InChI=1S/C12H18BrClN2O2S/c1-4-8(2)5-9(3)16-19(17,18)11-6-10(13)7-15-12(11)14/h6-9,16H,4-5H2,1-3H3. The number of nitrogens with zero attached hydrogens (tertiary/aromatic N) is 1. The normalized spacial score (nSPS) is 15.2. The lowest BCUT2D eigenvalue weighted by Crippen LogP contribution is -2.34. The van der Waals surface area contributed by atoms with E-state index in [0.717, 1.165) is 12.8 Å². The van der Waals surface area contributed by atoms with Crippen molar-refractivity contribution in [3.05, 3.63) is 21.9 Å². The molecule has 0 aliphatic carbocycles. The molecule has 1 aromatic heterocycles. The molecule has 0 aliphatic rings. The second-order valence-corrected chi connectivity index (χ2v) is 7.67. The highest BCUT2D eigenvalue weighted by Gasteiger charge is 2.22. The number of hydrogen-bond donors (Lipinski definition) is 1. The fourth-order valence-electron chi connectivity index (χ4n) is 1.74. The maximum atomic E-state index is 12.2. The zero-order valence-electron chi connectivity index (χ0n) is 11.2. The molecular weight excluding hydrogens is 352 g/mol. The lowest BCUT2D eigenvalue weighted by molar-refractivity contribution is 0.445. The van der Waals surface area contributed by atoms with Gasteiger partial charge < -0.3 is 0 Å². The van der Waals surface area contributed by atoms with Crippen molar-refractivity contribution in [3.8, 4) is 0 Å². The van der Waals surface area contributed by atoms with E-state index < -0.39 is 10.0 Å². The SMILES string of the molecule is CCC(C)CC(C)NS(=O)(=O)c1cc(Br)cnc1Cl. The van der Waals surface area contributed by atoms with E-state index in [1.165, 1.54) is 12.3 Å². The Morgan fingerprint density at radius 3 is 2.68 bits per heavy atom. The third-order valence-electron chi connectivity index (χ3n) is 2.87. The summed E-state index contributed by atoms with van der Waals surface area (Å²) in [5, 5.41) is -0.0218. The van der Waals surface area contributed by atoms with E-state index in [9.17, 15) is 8.42 Å². The molecule has 4 nitrogen and oxygen atoms in total. The van der Waals surface area contributed by atoms with Gasteiger partial charge in [0.2, 0.25) is 10.0 Å². The Morgan fingerprint density at radius 1 is 1.47 bits per heavy atom. The van der Waals surface area contributed by atoms with E-state index in [1.54, 1.807) is 0 Å². The van der Waals surface area contributed by atoms with Gasteiger partial charge in [0.15, 0.2) is 0 Å². The van der Waals surface area contributed by atoms with Gasteiger partial charge in [-0.2, -0.15) is 0 Å². The van der Waals surface area contributed by atoms with Gasteiger partial charge in [-0.25, -0.2) is 18.1 Å². The van der Waals surface area contributed by atoms with Crippen molar-refractivity contribution in [3.63, 3.8) is 0 Å². The van der Waals surface area contributed by atoms with Gasteiger partial charge in [-0.1, -0.05) is 31.9 Å². The molecule has 0 saturated heterocycles. The number of hydrogen-bond acceptors (Lipinski definition) is 3.